The second-order valence-electron chi connectivity index (χ2n) is 8.00. The first kappa shape index (κ1) is 21.6. The molecule has 1 fully saturated rings. The first-order valence-electron chi connectivity index (χ1n) is 10.6. The molecule has 32 heavy (non-hydrogen) atoms. The molecule has 0 radical (unpaired) electrons. The number of hydrogen-bond acceptors (Lipinski definition) is 6. The van der Waals surface area contributed by atoms with E-state index in [4.69, 9.17) is 0 Å². The Morgan fingerprint density at radius 2 is 1.59 bits per heavy atom. The van der Waals surface area contributed by atoms with E-state index in [1.165, 1.54) is 11.0 Å². The van der Waals surface area contributed by atoms with E-state index in [-0.39, 0.29) is 36.4 Å². The average molecular weight is 436 g/mol. The van der Waals surface area contributed by atoms with Crippen LogP contribution in [0.2, 0.25) is 0 Å². The Morgan fingerprint density at radius 1 is 0.938 bits per heavy atom. The number of nitro benzene ring substituents is 1. The lowest BCUT2D eigenvalue weighted by atomic mass is 10.1. The van der Waals surface area contributed by atoms with Crippen LogP contribution in [0.4, 0.5) is 5.69 Å². The number of piperazine rings is 1. The van der Waals surface area contributed by atoms with E-state index in [1.54, 1.807) is 41.3 Å². The summed E-state index contributed by atoms with van der Waals surface area (Å²) in [5.74, 6) is -0.586. The van der Waals surface area contributed by atoms with Crippen LogP contribution in [0.3, 0.4) is 0 Å². The van der Waals surface area contributed by atoms with Crippen LogP contribution < -0.4 is 0 Å². The maximum absolute atomic E-state index is 12.6. The molecule has 0 aromatic heterocycles. The molecular formula is C23H24N4O5. The third-order valence-electron chi connectivity index (χ3n) is 5.90. The second kappa shape index (κ2) is 9.27. The lowest BCUT2D eigenvalue weighted by molar-refractivity contribution is -0.384. The molecule has 2 heterocycles. The zero-order chi connectivity index (χ0) is 22.7. The number of hydrogen-bond donors (Lipinski definition) is 0. The maximum atomic E-state index is 12.6. The number of nitrogens with zero attached hydrogens (tertiary/aromatic N) is 4. The molecule has 0 spiro atoms. The van der Waals surface area contributed by atoms with E-state index < -0.39 is 4.92 Å². The molecule has 0 aliphatic carbocycles. The van der Waals surface area contributed by atoms with Crippen molar-refractivity contribution in [1.29, 1.82) is 0 Å². The van der Waals surface area contributed by atoms with Crippen LogP contribution in [-0.4, -0.2) is 70.1 Å². The number of non-ortho nitro benzene ring substituents is 1. The molecule has 0 unspecified atom stereocenters. The molecule has 2 aromatic rings. The van der Waals surface area contributed by atoms with Crippen LogP contribution >= 0.6 is 0 Å². The minimum atomic E-state index is -0.401. The van der Waals surface area contributed by atoms with Gasteiger partial charge in [-0.3, -0.25) is 34.3 Å². The summed E-state index contributed by atoms with van der Waals surface area (Å²) < 4.78 is 0. The van der Waals surface area contributed by atoms with Gasteiger partial charge in [0.05, 0.1) is 16.1 Å². The van der Waals surface area contributed by atoms with Gasteiger partial charge >= 0.3 is 0 Å². The van der Waals surface area contributed by atoms with E-state index in [2.05, 4.69) is 4.90 Å². The minimum Gasteiger partial charge on any atom is -0.340 e. The summed E-state index contributed by atoms with van der Waals surface area (Å²) in [5.41, 5.74) is 1.79. The van der Waals surface area contributed by atoms with Gasteiger partial charge in [0.2, 0.25) is 5.91 Å². The third kappa shape index (κ3) is 4.52. The molecule has 9 heteroatoms. The van der Waals surface area contributed by atoms with Gasteiger partial charge in [0, 0.05) is 57.8 Å². The highest BCUT2D eigenvalue weighted by atomic mass is 16.6. The summed E-state index contributed by atoms with van der Waals surface area (Å²) in [4.78, 5) is 53.1. The number of benzene rings is 2. The summed E-state index contributed by atoms with van der Waals surface area (Å²) >= 11 is 0. The van der Waals surface area contributed by atoms with Gasteiger partial charge in [-0.1, -0.05) is 24.3 Å². The van der Waals surface area contributed by atoms with Gasteiger partial charge in [0.1, 0.15) is 0 Å². The zero-order valence-electron chi connectivity index (χ0n) is 17.6. The van der Waals surface area contributed by atoms with Crippen LogP contribution in [0.15, 0.2) is 48.5 Å². The molecule has 0 bridgehead atoms. The van der Waals surface area contributed by atoms with Crippen LogP contribution in [-0.2, 0) is 11.3 Å². The fraction of sp³-hybridized carbons (Fsp3) is 0.348. The number of nitro groups is 1. The number of rotatable bonds is 7. The smallest absolute Gasteiger partial charge is 0.269 e. The van der Waals surface area contributed by atoms with Crippen molar-refractivity contribution in [3.8, 4) is 0 Å². The van der Waals surface area contributed by atoms with E-state index in [0.29, 0.717) is 50.3 Å². The molecule has 2 aliphatic heterocycles. The van der Waals surface area contributed by atoms with Crippen LogP contribution in [0.25, 0.3) is 0 Å². The Balaban J connectivity index is 1.22. The van der Waals surface area contributed by atoms with E-state index >= 15 is 0 Å². The number of amides is 3. The first-order chi connectivity index (χ1) is 15.4. The predicted octanol–water partition coefficient (Wildman–Crippen LogP) is 2.32. The van der Waals surface area contributed by atoms with Gasteiger partial charge in [-0.2, -0.15) is 0 Å². The highest BCUT2D eigenvalue weighted by Crippen LogP contribution is 2.23. The van der Waals surface area contributed by atoms with Crippen molar-refractivity contribution in [2.24, 2.45) is 0 Å². The summed E-state index contributed by atoms with van der Waals surface area (Å²) in [6, 6.07) is 13.4. The molecule has 166 valence electrons. The lowest BCUT2D eigenvalue weighted by Gasteiger charge is -2.35. The van der Waals surface area contributed by atoms with Gasteiger partial charge in [-0.05, 0) is 24.1 Å². The van der Waals surface area contributed by atoms with E-state index in [1.807, 2.05) is 6.07 Å². The zero-order valence-corrected chi connectivity index (χ0v) is 17.6. The van der Waals surface area contributed by atoms with E-state index in [0.717, 1.165) is 5.56 Å². The van der Waals surface area contributed by atoms with E-state index in [9.17, 15) is 24.5 Å². The molecular weight excluding hydrogens is 412 g/mol. The Bertz CT molecular complexity index is 1030. The van der Waals surface area contributed by atoms with Crippen LogP contribution in [0.1, 0.15) is 39.1 Å². The SMILES string of the molecule is O=C(CCCN1C(=O)c2ccccc2C1=O)N1CCN(Cc2cccc([N+](=O)[O-])c2)CC1. The molecule has 2 aliphatic rings. The Labute approximate surface area is 185 Å². The topological polar surface area (TPSA) is 104 Å². The quantitative estimate of drug-likeness (QED) is 0.375. The predicted molar refractivity (Wildman–Crippen MR) is 116 cm³/mol. The van der Waals surface area contributed by atoms with Gasteiger partial charge in [0.15, 0.2) is 0 Å². The Hall–Kier alpha value is -3.59. The van der Waals surface area contributed by atoms with Crippen LogP contribution in [0, 0.1) is 10.1 Å². The second-order valence-corrected chi connectivity index (χ2v) is 8.00. The standard InChI is InChI=1S/C23H24N4O5/c28-21(9-4-10-26-22(29)19-7-1-2-8-20(19)23(26)30)25-13-11-24(12-14-25)16-17-5-3-6-18(15-17)27(31)32/h1-3,5-8,15H,4,9-14,16H2. The summed E-state index contributed by atoms with van der Waals surface area (Å²) in [6.07, 6.45) is 0.705. The molecule has 9 nitrogen and oxygen atoms in total. The van der Waals surface area contributed by atoms with Crippen molar-refractivity contribution in [3.63, 3.8) is 0 Å². The largest absolute Gasteiger partial charge is 0.340 e. The highest BCUT2D eigenvalue weighted by molar-refractivity contribution is 6.21. The van der Waals surface area contributed by atoms with Crippen molar-refractivity contribution in [2.45, 2.75) is 19.4 Å². The van der Waals surface area contributed by atoms with Gasteiger partial charge < -0.3 is 4.90 Å². The monoisotopic (exact) mass is 436 g/mol. The third-order valence-corrected chi connectivity index (χ3v) is 5.90. The maximum Gasteiger partial charge on any atom is 0.269 e. The minimum absolute atomic E-state index is 0.0107. The van der Waals surface area contributed by atoms with Crippen molar-refractivity contribution in [1.82, 2.24) is 14.7 Å². The summed E-state index contributed by atoms with van der Waals surface area (Å²) in [5, 5.41) is 10.9. The molecule has 1 saturated heterocycles. The normalized spacial score (nSPS) is 16.4. The number of imide groups is 1. The molecule has 2 aromatic carbocycles. The van der Waals surface area contributed by atoms with Gasteiger partial charge in [-0.15, -0.1) is 0 Å². The van der Waals surface area contributed by atoms with Gasteiger partial charge in [-0.25, -0.2) is 0 Å². The highest BCUT2D eigenvalue weighted by Gasteiger charge is 2.34. The summed E-state index contributed by atoms with van der Waals surface area (Å²) in [6.45, 7) is 3.37. The van der Waals surface area contributed by atoms with Crippen molar-refractivity contribution >= 4 is 23.4 Å². The first-order valence-corrected chi connectivity index (χ1v) is 10.6. The number of carbonyl (C=O) groups excluding carboxylic acids is 3. The fourth-order valence-electron chi connectivity index (χ4n) is 4.17. The lowest BCUT2D eigenvalue weighted by Crippen LogP contribution is -2.48. The molecule has 0 saturated carbocycles. The summed E-state index contributed by atoms with van der Waals surface area (Å²) in [7, 11) is 0. The fourth-order valence-corrected chi connectivity index (χ4v) is 4.17. The Morgan fingerprint density at radius 3 is 2.22 bits per heavy atom. The van der Waals surface area contributed by atoms with Crippen molar-refractivity contribution < 1.29 is 19.3 Å². The number of carbonyl (C=O) groups is 3. The Kier molecular flexibility index (Phi) is 6.27. The molecule has 4 rings (SSSR count). The molecule has 0 N–H and O–H groups in total. The number of fused-ring (bicyclic) bond motifs is 1. The van der Waals surface area contributed by atoms with Gasteiger partial charge in [0.25, 0.3) is 17.5 Å². The van der Waals surface area contributed by atoms with Crippen LogP contribution in [0.5, 0.6) is 0 Å². The average Bonchev–Trinajstić information content (AvgIpc) is 3.04. The van der Waals surface area contributed by atoms with Crippen molar-refractivity contribution in [2.75, 3.05) is 32.7 Å². The van der Waals surface area contributed by atoms with Crippen molar-refractivity contribution in [3.05, 3.63) is 75.3 Å². The molecule has 0 atom stereocenters. The molecule has 3 amide bonds.